The average molecular weight is 477 g/mol. The quantitative estimate of drug-likeness (QED) is 0.371. The van der Waals surface area contributed by atoms with Gasteiger partial charge in [0.05, 0.1) is 12.1 Å². The van der Waals surface area contributed by atoms with Crippen molar-refractivity contribution in [3.63, 3.8) is 0 Å². The van der Waals surface area contributed by atoms with Gasteiger partial charge in [-0.25, -0.2) is 4.39 Å². The number of hydrogen-bond acceptors (Lipinski definition) is 5. The topological polar surface area (TPSA) is 79.9 Å². The molecule has 7 heteroatoms. The number of methoxy groups -OCH3 is 1. The van der Waals surface area contributed by atoms with Gasteiger partial charge in [0.1, 0.15) is 28.3 Å². The lowest BCUT2D eigenvalue weighted by Crippen LogP contribution is -2.11. The fraction of sp³-hybridized carbons (Fsp3) is 0.423. The SMILES string of the molecule is COc1c(-c2ccc(F)c(Cl)c2)oc2c(CCC(C)C)c(O)c(CCC(C)C)c(O)c2c1=O. The molecular formula is C26H30ClFO5. The summed E-state index contributed by atoms with van der Waals surface area (Å²) in [6, 6.07) is 3.94. The largest absolute Gasteiger partial charge is 0.507 e. The first-order valence-electron chi connectivity index (χ1n) is 11.1. The number of phenolic OH excluding ortho intramolecular Hbond substituents is 2. The Morgan fingerprint density at radius 2 is 1.64 bits per heavy atom. The molecule has 5 nitrogen and oxygen atoms in total. The van der Waals surface area contributed by atoms with Crippen LogP contribution in [0.25, 0.3) is 22.3 Å². The molecular weight excluding hydrogens is 447 g/mol. The van der Waals surface area contributed by atoms with Gasteiger partial charge in [-0.05, 0) is 55.7 Å². The third kappa shape index (κ3) is 4.96. The first-order chi connectivity index (χ1) is 15.6. The van der Waals surface area contributed by atoms with Crippen molar-refractivity contribution in [2.24, 2.45) is 11.8 Å². The predicted molar refractivity (Wildman–Crippen MR) is 129 cm³/mol. The van der Waals surface area contributed by atoms with Crippen LogP contribution in [-0.2, 0) is 12.8 Å². The lowest BCUT2D eigenvalue weighted by Gasteiger charge is -2.18. The molecule has 0 aliphatic heterocycles. The summed E-state index contributed by atoms with van der Waals surface area (Å²) in [6.07, 6.45) is 2.33. The van der Waals surface area contributed by atoms with Crippen LogP contribution in [0, 0.1) is 17.7 Å². The summed E-state index contributed by atoms with van der Waals surface area (Å²) in [5.41, 5.74) is 0.671. The smallest absolute Gasteiger partial charge is 0.239 e. The summed E-state index contributed by atoms with van der Waals surface area (Å²) in [5, 5.41) is 22.0. The molecule has 0 spiro atoms. The lowest BCUT2D eigenvalue weighted by molar-refractivity contribution is 0.395. The zero-order valence-corrected chi connectivity index (χ0v) is 20.3. The van der Waals surface area contributed by atoms with Crippen LogP contribution in [0.4, 0.5) is 4.39 Å². The molecule has 3 rings (SSSR count). The Balaban J connectivity index is 2.39. The van der Waals surface area contributed by atoms with E-state index in [9.17, 15) is 19.4 Å². The molecule has 2 N–H and O–H groups in total. The van der Waals surface area contributed by atoms with Gasteiger partial charge in [-0.1, -0.05) is 39.3 Å². The van der Waals surface area contributed by atoms with E-state index in [4.69, 9.17) is 20.8 Å². The highest BCUT2D eigenvalue weighted by Crippen LogP contribution is 2.43. The number of ether oxygens (including phenoxy) is 1. The molecule has 1 heterocycles. The van der Waals surface area contributed by atoms with Crippen LogP contribution in [0.5, 0.6) is 17.2 Å². The van der Waals surface area contributed by atoms with E-state index in [1.807, 2.05) is 13.8 Å². The van der Waals surface area contributed by atoms with Crippen LogP contribution in [0.3, 0.4) is 0 Å². The molecule has 1 aromatic heterocycles. The molecule has 0 bridgehead atoms. The Labute approximate surface area is 197 Å². The van der Waals surface area contributed by atoms with Crippen LogP contribution >= 0.6 is 11.6 Å². The Kier molecular flexibility index (Phi) is 7.58. The maximum Gasteiger partial charge on any atom is 0.239 e. The van der Waals surface area contributed by atoms with Gasteiger partial charge in [0.15, 0.2) is 5.76 Å². The molecule has 2 aromatic carbocycles. The minimum atomic E-state index is -0.606. The molecule has 3 aromatic rings. The number of aryl methyl sites for hydroxylation is 1. The molecule has 0 saturated carbocycles. The van der Waals surface area contributed by atoms with Crippen molar-refractivity contribution in [2.45, 2.75) is 53.4 Å². The molecule has 0 saturated heterocycles. The number of rotatable bonds is 8. The first kappa shape index (κ1) is 24.9. The number of halogens is 2. The predicted octanol–water partition coefficient (Wildman–Crippen LogP) is 6.85. The Morgan fingerprint density at radius 3 is 2.18 bits per heavy atom. The molecule has 0 aliphatic rings. The Bertz CT molecular complexity index is 1230. The van der Waals surface area contributed by atoms with Gasteiger partial charge >= 0.3 is 0 Å². The van der Waals surface area contributed by atoms with Gasteiger partial charge in [0.25, 0.3) is 0 Å². The van der Waals surface area contributed by atoms with Gasteiger partial charge in [0, 0.05) is 16.7 Å². The summed E-state index contributed by atoms with van der Waals surface area (Å²) in [5.74, 6) is -0.356. The zero-order valence-electron chi connectivity index (χ0n) is 19.6. The van der Waals surface area contributed by atoms with Crippen molar-refractivity contribution in [1.82, 2.24) is 0 Å². The molecule has 0 amide bonds. The minimum Gasteiger partial charge on any atom is -0.507 e. The molecule has 0 aliphatic carbocycles. The molecule has 0 fully saturated rings. The summed E-state index contributed by atoms with van der Waals surface area (Å²) in [7, 11) is 1.32. The lowest BCUT2D eigenvalue weighted by atomic mass is 9.92. The summed E-state index contributed by atoms with van der Waals surface area (Å²) < 4.78 is 25.2. The van der Waals surface area contributed by atoms with E-state index < -0.39 is 11.2 Å². The van der Waals surface area contributed by atoms with Crippen molar-refractivity contribution in [3.05, 3.63) is 50.4 Å². The number of phenols is 2. The maximum absolute atomic E-state index is 13.7. The van der Waals surface area contributed by atoms with Crippen molar-refractivity contribution < 1.29 is 23.8 Å². The fourth-order valence-electron chi connectivity index (χ4n) is 3.85. The van der Waals surface area contributed by atoms with Crippen LogP contribution < -0.4 is 10.2 Å². The van der Waals surface area contributed by atoms with Gasteiger partial charge in [0.2, 0.25) is 11.2 Å². The second-order valence-corrected chi connectivity index (χ2v) is 9.55. The number of hydrogen-bond donors (Lipinski definition) is 2. The fourth-order valence-corrected chi connectivity index (χ4v) is 4.03. The van der Waals surface area contributed by atoms with Crippen LogP contribution in [-0.4, -0.2) is 17.3 Å². The van der Waals surface area contributed by atoms with E-state index in [-0.39, 0.29) is 39.0 Å². The number of benzene rings is 2. The van der Waals surface area contributed by atoms with Gasteiger partial charge in [-0.15, -0.1) is 0 Å². The Hall–Kier alpha value is -2.73. The average Bonchev–Trinajstić information content (AvgIpc) is 2.74. The summed E-state index contributed by atoms with van der Waals surface area (Å²) in [4.78, 5) is 13.5. The number of aromatic hydroxyl groups is 2. The van der Waals surface area contributed by atoms with Crippen molar-refractivity contribution in [3.8, 4) is 28.6 Å². The van der Waals surface area contributed by atoms with Crippen LogP contribution in [0.2, 0.25) is 5.02 Å². The monoisotopic (exact) mass is 476 g/mol. The van der Waals surface area contributed by atoms with E-state index in [2.05, 4.69) is 13.8 Å². The van der Waals surface area contributed by atoms with E-state index in [0.717, 1.165) is 12.8 Å². The molecule has 0 atom stereocenters. The second-order valence-electron chi connectivity index (χ2n) is 9.15. The van der Waals surface area contributed by atoms with Gasteiger partial charge in [-0.2, -0.15) is 0 Å². The molecule has 0 unspecified atom stereocenters. The van der Waals surface area contributed by atoms with Gasteiger partial charge < -0.3 is 19.4 Å². The van der Waals surface area contributed by atoms with Crippen molar-refractivity contribution >= 4 is 22.6 Å². The molecule has 33 heavy (non-hydrogen) atoms. The van der Waals surface area contributed by atoms with Crippen molar-refractivity contribution in [1.29, 1.82) is 0 Å². The Morgan fingerprint density at radius 1 is 1.03 bits per heavy atom. The maximum atomic E-state index is 13.7. The van der Waals surface area contributed by atoms with Gasteiger partial charge in [-0.3, -0.25) is 4.79 Å². The van der Waals surface area contributed by atoms with E-state index in [1.165, 1.54) is 25.3 Å². The molecule has 0 radical (unpaired) electrons. The summed E-state index contributed by atoms with van der Waals surface area (Å²) >= 11 is 5.95. The van der Waals surface area contributed by atoms with E-state index in [0.29, 0.717) is 41.4 Å². The minimum absolute atomic E-state index is 0.0286. The van der Waals surface area contributed by atoms with E-state index in [1.54, 1.807) is 0 Å². The normalized spacial score (nSPS) is 11.7. The highest BCUT2D eigenvalue weighted by molar-refractivity contribution is 6.31. The van der Waals surface area contributed by atoms with Crippen molar-refractivity contribution in [2.75, 3.05) is 7.11 Å². The number of fused-ring (bicyclic) bond motifs is 1. The second kappa shape index (κ2) is 10.0. The molecule has 178 valence electrons. The van der Waals surface area contributed by atoms with Crippen LogP contribution in [0.1, 0.15) is 51.7 Å². The standard InChI is InChI=1S/C26H30ClFO5/c1-13(2)6-9-16-21(29)17(10-7-14(3)4)25-20(22(16)30)23(31)26(32-5)24(33-25)15-8-11-19(28)18(27)12-15/h8,11-14,29-30H,6-7,9-10H2,1-5H3. The third-order valence-corrected chi connectivity index (χ3v) is 6.06. The zero-order chi connectivity index (χ0) is 24.4. The highest BCUT2D eigenvalue weighted by atomic mass is 35.5. The summed E-state index contributed by atoms with van der Waals surface area (Å²) in [6.45, 7) is 8.22. The first-order valence-corrected chi connectivity index (χ1v) is 11.5. The highest BCUT2D eigenvalue weighted by Gasteiger charge is 2.27. The third-order valence-electron chi connectivity index (χ3n) is 5.77. The van der Waals surface area contributed by atoms with E-state index >= 15 is 0 Å². The van der Waals surface area contributed by atoms with Crippen LogP contribution in [0.15, 0.2) is 27.4 Å².